The predicted molar refractivity (Wildman–Crippen MR) is 105 cm³/mol. The number of nitrogens with one attached hydrogen (secondary N) is 2. The summed E-state index contributed by atoms with van der Waals surface area (Å²) in [6, 6.07) is 8.66. The van der Waals surface area contributed by atoms with Crippen LogP contribution in [0.3, 0.4) is 0 Å². The Kier molecular flexibility index (Phi) is 4.87. The Hall–Kier alpha value is -2.78. The van der Waals surface area contributed by atoms with E-state index < -0.39 is 5.97 Å². The summed E-state index contributed by atoms with van der Waals surface area (Å²) in [7, 11) is 0. The van der Waals surface area contributed by atoms with Gasteiger partial charge in [-0.15, -0.1) is 11.3 Å². The average Bonchev–Trinajstić information content (AvgIpc) is 3.34. The summed E-state index contributed by atoms with van der Waals surface area (Å²) in [6.07, 6.45) is 3.27. The van der Waals surface area contributed by atoms with E-state index in [-0.39, 0.29) is 18.4 Å². The van der Waals surface area contributed by atoms with Crippen molar-refractivity contribution >= 4 is 44.8 Å². The molecule has 4 rings (SSSR count). The van der Waals surface area contributed by atoms with Crippen LogP contribution in [-0.2, 0) is 24.1 Å². The number of fused-ring (bicyclic) bond motifs is 1. The summed E-state index contributed by atoms with van der Waals surface area (Å²) in [5.41, 5.74) is 3.13. The number of aliphatic carboxylic acids is 1. The molecule has 0 fully saturated rings. The highest BCUT2D eigenvalue weighted by atomic mass is 32.1. The molecule has 9 heteroatoms. The van der Waals surface area contributed by atoms with Crippen molar-refractivity contribution < 1.29 is 14.7 Å². The highest BCUT2D eigenvalue weighted by Gasteiger charge is 2.22. The summed E-state index contributed by atoms with van der Waals surface area (Å²) in [4.78, 5) is 31.9. The molecule has 138 valence electrons. The number of thiazole rings is 2. The summed E-state index contributed by atoms with van der Waals surface area (Å²) < 4.78 is 0. The minimum atomic E-state index is -0.953. The van der Waals surface area contributed by atoms with Crippen LogP contribution in [-0.4, -0.2) is 33.0 Å². The molecule has 0 bridgehead atoms. The largest absolute Gasteiger partial charge is 0.481 e. The summed E-state index contributed by atoms with van der Waals surface area (Å²) in [5.74, 6) is -1.25. The first-order valence-corrected chi connectivity index (χ1v) is 10.0. The molecule has 0 spiro atoms. The highest BCUT2D eigenvalue weighted by Crippen LogP contribution is 2.27. The smallest absolute Gasteiger partial charge is 0.309 e. The van der Waals surface area contributed by atoms with Gasteiger partial charge in [0.05, 0.1) is 18.3 Å². The number of amides is 1. The van der Waals surface area contributed by atoms with Gasteiger partial charge in [0.1, 0.15) is 4.88 Å². The van der Waals surface area contributed by atoms with Crippen molar-refractivity contribution in [3.63, 3.8) is 0 Å². The Morgan fingerprint density at radius 3 is 2.63 bits per heavy atom. The van der Waals surface area contributed by atoms with E-state index in [1.807, 2.05) is 12.1 Å². The van der Waals surface area contributed by atoms with Gasteiger partial charge in [0.15, 0.2) is 10.3 Å². The third-order valence-electron chi connectivity index (χ3n) is 4.21. The number of carboxylic acids is 1. The second-order valence-corrected chi connectivity index (χ2v) is 8.11. The molecule has 0 atom stereocenters. The van der Waals surface area contributed by atoms with Gasteiger partial charge >= 0.3 is 5.97 Å². The zero-order valence-corrected chi connectivity index (χ0v) is 15.8. The molecule has 1 aliphatic carbocycles. The van der Waals surface area contributed by atoms with Crippen LogP contribution in [0.5, 0.6) is 0 Å². The van der Waals surface area contributed by atoms with Gasteiger partial charge in [-0.1, -0.05) is 35.6 Å². The van der Waals surface area contributed by atoms with E-state index in [0.29, 0.717) is 20.8 Å². The van der Waals surface area contributed by atoms with Crippen molar-refractivity contribution in [2.45, 2.75) is 25.3 Å². The van der Waals surface area contributed by atoms with Gasteiger partial charge < -0.3 is 10.4 Å². The molecule has 2 aromatic heterocycles. The third kappa shape index (κ3) is 4.15. The van der Waals surface area contributed by atoms with Crippen LogP contribution in [0.2, 0.25) is 0 Å². The summed E-state index contributed by atoms with van der Waals surface area (Å²) >= 11 is 2.49. The van der Waals surface area contributed by atoms with E-state index in [0.717, 1.165) is 12.8 Å². The molecule has 1 aliphatic rings. The fourth-order valence-electron chi connectivity index (χ4n) is 3.04. The van der Waals surface area contributed by atoms with E-state index in [1.165, 1.54) is 40.0 Å². The molecule has 0 aliphatic heterocycles. The Morgan fingerprint density at radius 2 is 1.93 bits per heavy atom. The molecule has 7 nitrogen and oxygen atoms in total. The molecule has 1 amide bonds. The second-order valence-electron chi connectivity index (χ2n) is 6.22. The van der Waals surface area contributed by atoms with E-state index in [9.17, 15) is 9.59 Å². The van der Waals surface area contributed by atoms with Crippen LogP contribution in [0.1, 0.15) is 26.5 Å². The third-order valence-corrected chi connectivity index (χ3v) is 5.95. The van der Waals surface area contributed by atoms with Crippen molar-refractivity contribution in [3.8, 4) is 0 Å². The van der Waals surface area contributed by atoms with Crippen molar-refractivity contribution in [1.82, 2.24) is 9.97 Å². The predicted octanol–water partition coefficient (Wildman–Crippen LogP) is 3.06. The van der Waals surface area contributed by atoms with Crippen LogP contribution >= 0.6 is 22.7 Å². The monoisotopic (exact) mass is 400 g/mol. The molecular formula is C18H16N4O3S2. The van der Waals surface area contributed by atoms with Gasteiger partial charge in [-0.2, -0.15) is 0 Å². The molecule has 0 saturated carbocycles. The topological polar surface area (TPSA) is 104 Å². The summed E-state index contributed by atoms with van der Waals surface area (Å²) in [5, 5.41) is 17.6. The van der Waals surface area contributed by atoms with Gasteiger partial charge in [-0.05, 0) is 24.0 Å². The van der Waals surface area contributed by atoms with Crippen molar-refractivity contribution in [3.05, 3.63) is 57.5 Å². The van der Waals surface area contributed by atoms with E-state index in [1.54, 1.807) is 5.38 Å². The molecule has 0 radical (unpaired) electrons. The van der Waals surface area contributed by atoms with E-state index in [4.69, 9.17) is 5.11 Å². The van der Waals surface area contributed by atoms with Crippen molar-refractivity contribution in [2.75, 3.05) is 10.6 Å². The minimum absolute atomic E-state index is 0.162. The lowest BCUT2D eigenvalue weighted by Crippen LogP contribution is -2.19. The van der Waals surface area contributed by atoms with Gasteiger partial charge in [0, 0.05) is 11.4 Å². The number of hydrogen-bond acceptors (Lipinski definition) is 7. The van der Waals surface area contributed by atoms with E-state index in [2.05, 4.69) is 32.7 Å². The molecule has 0 saturated heterocycles. The maximum absolute atomic E-state index is 12.4. The zero-order valence-electron chi connectivity index (χ0n) is 14.1. The molecule has 1 aromatic carbocycles. The first-order chi connectivity index (χ1) is 13.1. The normalized spacial score (nSPS) is 13.3. The number of anilines is 2. The number of hydrogen-bond donors (Lipinski definition) is 3. The molecule has 27 heavy (non-hydrogen) atoms. The Bertz CT molecular complexity index is 973. The standard InChI is InChI=1S/C18H16N4O3S2/c23-15(24)7-13-9-26-18(21-13)22-16(25)14-8-19-17(27-14)20-12-5-10-3-1-2-4-11(10)6-12/h1-4,8-9,12H,5-7H2,(H,19,20)(H,23,24)(H,21,22,25). The molecular weight excluding hydrogens is 384 g/mol. The Morgan fingerprint density at radius 1 is 1.19 bits per heavy atom. The number of nitrogens with zero attached hydrogens (tertiary/aromatic N) is 2. The fraction of sp³-hybridized carbons (Fsp3) is 0.222. The molecule has 2 heterocycles. The fourth-order valence-corrected chi connectivity index (χ4v) is 4.53. The number of carboxylic acid groups (broad SMARTS) is 1. The van der Waals surface area contributed by atoms with Gasteiger partial charge in [-0.3, -0.25) is 14.9 Å². The lowest BCUT2D eigenvalue weighted by atomic mass is 10.1. The molecule has 3 N–H and O–H groups in total. The SMILES string of the molecule is O=C(O)Cc1csc(NC(=O)c2cnc(NC3Cc4ccccc4C3)s2)n1. The van der Waals surface area contributed by atoms with Crippen molar-refractivity contribution in [1.29, 1.82) is 0 Å². The molecule has 0 unspecified atom stereocenters. The lowest BCUT2D eigenvalue weighted by Gasteiger charge is -2.09. The minimum Gasteiger partial charge on any atom is -0.481 e. The second kappa shape index (κ2) is 7.45. The quantitative estimate of drug-likeness (QED) is 0.587. The van der Waals surface area contributed by atoms with Gasteiger partial charge in [-0.25, -0.2) is 9.97 Å². The Labute approximate surface area is 163 Å². The van der Waals surface area contributed by atoms with E-state index >= 15 is 0 Å². The zero-order chi connectivity index (χ0) is 18.8. The van der Waals surface area contributed by atoms with Crippen molar-refractivity contribution in [2.24, 2.45) is 0 Å². The summed E-state index contributed by atoms with van der Waals surface area (Å²) in [6.45, 7) is 0. The van der Waals surface area contributed by atoms with Crippen LogP contribution in [0.25, 0.3) is 0 Å². The number of benzene rings is 1. The van der Waals surface area contributed by atoms with Gasteiger partial charge in [0.25, 0.3) is 5.91 Å². The Balaban J connectivity index is 1.36. The maximum atomic E-state index is 12.4. The van der Waals surface area contributed by atoms with Crippen LogP contribution in [0.15, 0.2) is 35.8 Å². The maximum Gasteiger partial charge on any atom is 0.309 e. The molecule has 3 aromatic rings. The lowest BCUT2D eigenvalue weighted by molar-refractivity contribution is -0.136. The van der Waals surface area contributed by atoms with Crippen LogP contribution in [0, 0.1) is 0 Å². The first-order valence-electron chi connectivity index (χ1n) is 8.33. The highest BCUT2D eigenvalue weighted by molar-refractivity contribution is 7.17. The van der Waals surface area contributed by atoms with Gasteiger partial charge in [0.2, 0.25) is 0 Å². The van der Waals surface area contributed by atoms with Crippen LogP contribution < -0.4 is 10.6 Å². The number of rotatable bonds is 6. The first kappa shape index (κ1) is 17.6. The number of carbonyl (C=O) groups excluding carboxylic acids is 1. The average molecular weight is 400 g/mol. The number of aromatic nitrogens is 2. The van der Waals surface area contributed by atoms with Crippen LogP contribution in [0.4, 0.5) is 10.3 Å². The number of carbonyl (C=O) groups is 2.